The maximum absolute atomic E-state index is 13.5. The molecule has 4 aromatic rings. The van der Waals surface area contributed by atoms with E-state index >= 15 is 0 Å². The summed E-state index contributed by atoms with van der Waals surface area (Å²) in [5, 5.41) is 52.6. The summed E-state index contributed by atoms with van der Waals surface area (Å²) < 4.78 is 37.7. The molecule has 0 radical (unpaired) electrons. The van der Waals surface area contributed by atoms with Gasteiger partial charge < -0.3 is 20.5 Å². The van der Waals surface area contributed by atoms with Crippen LogP contribution in [0, 0.1) is 5.21 Å². The van der Waals surface area contributed by atoms with Gasteiger partial charge in [0.25, 0.3) is 0 Å². The van der Waals surface area contributed by atoms with E-state index in [0.717, 1.165) is 24.3 Å². The predicted molar refractivity (Wildman–Crippen MR) is 142 cm³/mol. The normalized spacial score (nSPS) is 16.7. The minimum atomic E-state index is -4.54. The minimum absolute atomic E-state index is 0.00527. The summed E-state index contributed by atoms with van der Waals surface area (Å²) in [6.45, 7) is -0.299. The number of aromatic hydroxyl groups is 2. The zero-order chi connectivity index (χ0) is 28.7. The summed E-state index contributed by atoms with van der Waals surface area (Å²) in [6, 6.07) is 17.6. The number of phenolic OH excluding ortho intramolecular Hbond substituents is 2. The summed E-state index contributed by atoms with van der Waals surface area (Å²) >= 11 is 0. The monoisotopic (exact) mass is 547 g/mol. The lowest BCUT2D eigenvalue weighted by Gasteiger charge is -2.41. The van der Waals surface area contributed by atoms with Gasteiger partial charge in [-0.05, 0) is 53.6 Å². The van der Waals surface area contributed by atoms with Crippen molar-refractivity contribution in [3.63, 3.8) is 0 Å². The Morgan fingerprint density at radius 1 is 0.875 bits per heavy atom. The molecule has 202 valence electrons. The van der Waals surface area contributed by atoms with Gasteiger partial charge in [-0.25, -0.2) is 4.79 Å². The fraction of sp³-hybridized carbons (Fsp3) is 0.0690. The first kappa shape index (κ1) is 26.6. The molecule has 1 atom stereocenters. The van der Waals surface area contributed by atoms with Crippen LogP contribution in [0.15, 0.2) is 95.3 Å². The molecule has 0 saturated heterocycles. The number of alkyl halides is 3. The molecular weight excluding hydrogens is 527 g/mol. The molecule has 1 heterocycles. The Morgan fingerprint density at radius 2 is 1.55 bits per heavy atom. The molecule has 0 aromatic heterocycles. The van der Waals surface area contributed by atoms with E-state index in [4.69, 9.17) is 0 Å². The Bertz CT molecular complexity index is 1680. The highest BCUT2D eigenvalue weighted by Crippen LogP contribution is 2.43. The molecule has 0 saturated carbocycles. The number of azo groups is 1. The van der Waals surface area contributed by atoms with E-state index in [1.165, 1.54) is 36.5 Å². The summed E-state index contributed by atoms with van der Waals surface area (Å²) in [6.07, 6.45) is -1.77. The van der Waals surface area contributed by atoms with E-state index in [2.05, 4.69) is 10.2 Å². The number of hydroxylamine groups is 2. The lowest BCUT2D eigenvalue weighted by atomic mass is 10.0. The maximum Gasteiger partial charge on any atom is 0.416 e. The fourth-order valence-electron chi connectivity index (χ4n) is 4.38. The Balaban J connectivity index is 1.44. The van der Waals surface area contributed by atoms with Gasteiger partial charge in [-0.3, -0.25) is 4.65 Å². The lowest BCUT2D eigenvalue weighted by Crippen LogP contribution is -2.38. The van der Waals surface area contributed by atoms with Crippen molar-refractivity contribution in [3.8, 4) is 22.6 Å². The van der Waals surface area contributed by atoms with E-state index in [0.29, 0.717) is 16.7 Å². The highest BCUT2D eigenvalue weighted by atomic mass is 19.4. The van der Waals surface area contributed by atoms with Crippen LogP contribution in [0.25, 0.3) is 17.2 Å². The summed E-state index contributed by atoms with van der Waals surface area (Å²) in [5.41, 5.74) is 0.816. The second kappa shape index (κ2) is 9.95. The van der Waals surface area contributed by atoms with Gasteiger partial charge in [-0.2, -0.15) is 13.2 Å². The van der Waals surface area contributed by atoms with Crippen molar-refractivity contribution in [2.75, 3.05) is 0 Å². The van der Waals surface area contributed by atoms with E-state index in [1.807, 2.05) is 0 Å². The van der Waals surface area contributed by atoms with Gasteiger partial charge in [0.1, 0.15) is 29.8 Å². The first-order valence-corrected chi connectivity index (χ1v) is 11.8. The van der Waals surface area contributed by atoms with Crippen LogP contribution in [-0.2, 0) is 12.7 Å². The van der Waals surface area contributed by atoms with Gasteiger partial charge in [0, 0.05) is 17.7 Å². The summed E-state index contributed by atoms with van der Waals surface area (Å²) in [5.74, 6) is -1.71. The average Bonchev–Trinajstić information content (AvgIpc) is 2.93. The van der Waals surface area contributed by atoms with E-state index < -0.39 is 22.4 Å². The number of benzene rings is 4. The van der Waals surface area contributed by atoms with Crippen LogP contribution < -0.4 is 4.65 Å². The Kier molecular flexibility index (Phi) is 6.62. The molecule has 8 nitrogen and oxygen atoms in total. The Morgan fingerprint density at radius 3 is 2.23 bits per heavy atom. The zero-order valence-corrected chi connectivity index (χ0v) is 20.5. The number of carboxylic acid groups (broad SMARTS) is 1. The molecular formula is C29H20F3N3O5. The number of nitrogens with zero attached hydrogens (tertiary/aromatic N) is 3. The molecule has 3 N–H and O–H groups in total. The largest absolute Gasteiger partial charge is 0.622 e. The molecule has 40 heavy (non-hydrogen) atoms. The molecule has 0 bridgehead atoms. The van der Waals surface area contributed by atoms with Crippen molar-refractivity contribution in [1.29, 1.82) is 0 Å². The van der Waals surface area contributed by atoms with E-state index in [1.54, 1.807) is 30.3 Å². The number of fused-ring (bicyclic) bond motifs is 1. The van der Waals surface area contributed by atoms with Crippen molar-refractivity contribution in [1.82, 2.24) is 4.65 Å². The molecule has 5 rings (SSSR count). The van der Waals surface area contributed by atoms with Crippen molar-refractivity contribution >= 4 is 29.1 Å². The van der Waals surface area contributed by atoms with Crippen molar-refractivity contribution in [2.45, 2.75) is 12.7 Å². The molecule has 0 amide bonds. The number of rotatable bonds is 5. The SMILES string of the molecule is O=C(O)c1cccc(-c2cccc(N=Nc3ccc4c(c3O)C[N+]([O-])(c3ccc(C(F)(F)F)cc3)C=C4)c2O)c1. The number of quaternary nitrogens is 1. The molecule has 0 fully saturated rings. The first-order chi connectivity index (χ1) is 19.0. The third-order valence-electron chi connectivity index (χ3n) is 6.52. The van der Waals surface area contributed by atoms with Crippen LogP contribution in [0.5, 0.6) is 11.5 Å². The van der Waals surface area contributed by atoms with Gasteiger partial charge in [-0.1, -0.05) is 30.3 Å². The topological polar surface area (TPSA) is 126 Å². The molecule has 1 aliphatic heterocycles. The third-order valence-corrected chi connectivity index (χ3v) is 6.52. The second-order valence-electron chi connectivity index (χ2n) is 9.07. The number of para-hydroxylation sites is 1. The highest BCUT2D eigenvalue weighted by molar-refractivity contribution is 5.90. The Hall–Kier alpha value is -5.00. The van der Waals surface area contributed by atoms with Crippen molar-refractivity contribution in [3.05, 3.63) is 113 Å². The van der Waals surface area contributed by atoms with Crippen LogP contribution >= 0.6 is 0 Å². The number of phenols is 2. The van der Waals surface area contributed by atoms with Gasteiger partial charge >= 0.3 is 12.1 Å². The average molecular weight is 547 g/mol. The summed E-state index contributed by atoms with van der Waals surface area (Å²) in [7, 11) is 0. The van der Waals surface area contributed by atoms with Gasteiger partial charge in [0.15, 0.2) is 11.5 Å². The van der Waals surface area contributed by atoms with E-state index in [9.17, 15) is 38.5 Å². The van der Waals surface area contributed by atoms with E-state index in [-0.39, 0.29) is 46.2 Å². The molecule has 0 spiro atoms. The number of carboxylic acids is 1. The number of aromatic carboxylic acids is 1. The first-order valence-electron chi connectivity index (χ1n) is 11.8. The van der Waals surface area contributed by atoms with Crippen LogP contribution in [-0.4, -0.2) is 21.3 Å². The zero-order valence-electron chi connectivity index (χ0n) is 20.5. The van der Waals surface area contributed by atoms with Gasteiger partial charge in [0.05, 0.1) is 16.7 Å². The summed E-state index contributed by atoms with van der Waals surface area (Å²) in [4.78, 5) is 11.3. The lowest BCUT2D eigenvalue weighted by molar-refractivity contribution is -0.137. The molecule has 1 aliphatic rings. The maximum atomic E-state index is 13.5. The highest BCUT2D eigenvalue weighted by Gasteiger charge is 2.32. The van der Waals surface area contributed by atoms with Crippen molar-refractivity contribution in [2.24, 2.45) is 10.2 Å². The predicted octanol–water partition coefficient (Wildman–Crippen LogP) is 7.89. The molecule has 1 unspecified atom stereocenters. The molecule has 4 aromatic carbocycles. The fourth-order valence-corrected chi connectivity index (χ4v) is 4.38. The smallest absolute Gasteiger partial charge is 0.416 e. The van der Waals surface area contributed by atoms with Gasteiger partial charge in [-0.15, -0.1) is 10.2 Å². The minimum Gasteiger partial charge on any atom is -0.622 e. The van der Waals surface area contributed by atoms with Crippen LogP contribution in [0.2, 0.25) is 0 Å². The number of hydrogen-bond donors (Lipinski definition) is 3. The standard InChI is InChI=1S/C29H20F3N3O5/c30-29(31,32)20-8-10-21(11-9-20)35(40)14-13-17-7-12-25(27(37)23(17)16-35)34-33-24-6-2-5-22(26(24)36)18-3-1-4-19(15-18)28(38)39/h1-15,36-37H,16H2,(H,38,39). The number of halogens is 3. The quantitative estimate of drug-likeness (QED) is 0.133. The van der Waals surface area contributed by atoms with Crippen molar-refractivity contribution < 1.29 is 33.3 Å². The third kappa shape index (κ3) is 5.03. The Labute approximate surface area is 225 Å². The van der Waals surface area contributed by atoms with Gasteiger partial charge in [0.2, 0.25) is 0 Å². The van der Waals surface area contributed by atoms with Crippen LogP contribution in [0.3, 0.4) is 0 Å². The number of carbonyl (C=O) groups is 1. The van der Waals surface area contributed by atoms with Crippen LogP contribution in [0.4, 0.5) is 30.2 Å². The van der Waals surface area contributed by atoms with Crippen LogP contribution in [0.1, 0.15) is 27.0 Å². The number of hydrogen-bond acceptors (Lipinski definition) is 6. The molecule has 11 heteroatoms. The molecule has 0 aliphatic carbocycles. The second-order valence-corrected chi connectivity index (χ2v) is 9.07.